The molecule has 0 saturated carbocycles. The highest BCUT2D eigenvalue weighted by atomic mass is 32.5. The highest BCUT2D eigenvalue weighted by Gasteiger charge is 2.33. The van der Waals surface area contributed by atoms with E-state index in [1.807, 2.05) is 66.5 Å². The topological polar surface area (TPSA) is 194 Å². The lowest BCUT2D eigenvalue weighted by Crippen LogP contribution is -2.17. The van der Waals surface area contributed by atoms with E-state index in [0.717, 1.165) is 10.6 Å². The summed E-state index contributed by atoms with van der Waals surface area (Å²) in [5.74, 6) is 4.09. The van der Waals surface area contributed by atoms with Gasteiger partial charge in [-0.3, -0.25) is 0 Å². The van der Waals surface area contributed by atoms with Crippen molar-refractivity contribution in [1.29, 1.82) is 21.0 Å². The van der Waals surface area contributed by atoms with Crippen LogP contribution in [0.4, 0.5) is 0 Å². The molecule has 8 aromatic rings. The van der Waals surface area contributed by atoms with E-state index in [1.54, 1.807) is 172 Å². The minimum atomic E-state index is -3.73. The number of hydrazone groups is 2. The van der Waals surface area contributed by atoms with Crippen LogP contribution in [0, 0.1) is 45.3 Å². The van der Waals surface area contributed by atoms with E-state index in [1.165, 1.54) is 9.56 Å². The summed E-state index contributed by atoms with van der Waals surface area (Å²) in [7, 11) is 0.403. The average Bonchev–Trinajstić information content (AvgIpc) is 3.54. The third-order valence-corrected chi connectivity index (χ3v) is 23.7. The van der Waals surface area contributed by atoms with Gasteiger partial charge in [0.1, 0.15) is 34.5 Å². The van der Waals surface area contributed by atoms with Gasteiger partial charge in [-0.25, -0.2) is 9.56 Å². The van der Waals surface area contributed by atoms with Gasteiger partial charge >= 0.3 is 19.9 Å². The van der Waals surface area contributed by atoms with E-state index >= 15 is 0 Å². The first-order chi connectivity index (χ1) is 38.7. The largest absolute Gasteiger partial charge is 0.420 e. The molecule has 22 heteroatoms. The summed E-state index contributed by atoms with van der Waals surface area (Å²) in [5, 5.41) is 48.5. The van der Waals surface area contributed by atoms with Crippen LogP contribution in [0.15, 0.2) is 233 Å². The molecule has 0 saturated heterocycles. The van der Waals surface area contributed by atoms with E-state index in [4.69, 9.17) is 67.1 Å². The van der Waals surface area contributed by atoms with Crippen molar-refractivity contribution in [1.82, 2.24) is 9.56 Å². The summed E-state index contributed by atoms with van der Waals surface area (Å²) in [6.07, 6.45) is 3.18. The van der Waals surface area contributed by atoms with Gasteiger partial charge in [0.05, 0.1) is 66.0 Å². The predicted octanol–water partition coefficient (Wildman–Crippen LogP) is 14.1. The number of hydrogen-bond donors (Lipinski definition) is 0. The fourth-order valence-electron chi connectivity index (χ4n) is 7.13. The maximum absolute atomic E-state index is 9.34. The molecule has 8 aromatic carbocycles. The van der Waals surface area contributed by atoms with Gasteiger partial charge in [0.15, 0.2) is 0 Å². The van der Waals surface area contributed by atoms with Crippen LogP contribution in [-0.2, 0) is 35.4 Å². The SMILES string of the molecule is C=CP(=NP(=S)(Oc1ccc(/C=N/N(C)P(=S)(Oc2ccc(C#N)cc2)Oc2ccc(C#N)cc2)cc1)Oc1ccc(/C=N/N(C)P(=S)(Oc2ccc(C#N)cc2)Oc2ccc(C#N)cc2)cc1)(c1ccccc1)c1ccccc1. The molecular weight excluding hydrogens is 1140 g/mol. The summed E-state index contributed by atoms with van der Waals surface area (Å²) in [4.78, 5) is 0. The van der Waals surface area contributed by atoms with Crippen molar-refractivity contribution in [3.8, 4) is 58.8 Å². The molecular formula is C58H45N9O6P4S3. The van der Waals surface area contributed by atoms with E-state index in [-0.39, 0.29) is 0 Å². The van der Waals surface area contributed by atoms with Gasteiger partial charge in [-0.1, -0.05) is 67.2 Å². The maximum Gasteiger partial charge on any atom is 0.413 e. The number of nitriles is 4. The van der Waals surface area contributed by atoms with Crippen LogP contribution in [0.2, 0.25) is 0 Å². The van der Waals surface area contributed by atoms with Gasteiger partial charge in [-0.05, 0) is 163 Å². The summed E-state index contributed by atoms with van der Waals surface area (Å²) in [6.45, 7) is -6.28. The monoisotopic (exact) mass is 1180 g/mol. The first-order valence-corrected chi connectivity index (χ1v) is 33.4. The van der Waals surface area contributed by atoms with Crippen LogP contribution < -0.4 is 37.8 Å². The Kier molecular flexibility index (Phi) is 19.0. The van der Waals surface area contributed by atoms with Gasteiger partial charge in [-0.15, -0.1) is 0 Å². The van der Waals surface area contributed by atoms with E-state index in [2.05, 4.69) is 41.1 Å². The summed E-state index contributed by atoms with van der Waals surface area (Å²) in [5.41, 5.74) is 3.12. The molecule has 396 valence electrons. The van der Waals surface area contributed by atoms with Crippen LogP contribution in [0.1, 0.15) is 33.4 Å². The van der Waals surface area contributed by atoms with Gasteiger partial charge in [0.25, 0.3) is 0 Å². The maximum atomic E-state index is 9.34. The third kappa shape index (κ3) is 14.7. The molecule has 0 aromatic heterocycles. The second kappa shape index (κ2) is 26.4. The molecule has 0 aliphatic carbocycles. The summed E-state index contributed by atoms with van der Waals surface area (Å²) in [6, 6.07) is 68.1. The first kappa shape index (κ1) is 57.6. The lowest BCUT2D eigenvalue weighted by atomic mass is 10.2. The predicted molar refractivity (Wildman–Crippen MR) is 327 cm³/mol. The molecule has 0 aliphatic heterocycles. The van der Waals surface area contributed by atoms with Gasteiger partial charge < -0.3 is 27.1 Å². The Morgan fingerprint density at radius 2 is 0.662 bits per heavy atom. The fourth-order valence-corrected chi connectivity index (χ4v) is 18.0. The zero-order valence-electron chi connectivity index (χ0n) is 42.6. The molecule has 0 fully saturated rings. The second-order valence-corrected chi connectivity index (χ2v) is 29.4. The number of benzene rings is 8. The quantitative estimate of drug-likeness (QED) is 0.0353. The van der Waals surface area contributed by atoms with E-state index in [0.29, 0.717) is 67.9 Å². The van der Waals surface area contributed by atoms with Crippen molar-refractivity contribution < 1.29 is 27.1 Å². The molecule has 0 N–H and O–H groups in total. The fraction of sp³-hybridized carbons (Fsp3) is 0.0345. The standard InChI is InChI=1S/C58H45N9O6P4S3/c1-4-74(57-11-7-5-8-12-57,58-13-9-6-10-14-58)65-75(78,68-51-35-23-49(24-36-51)43-63-66(2)76(79,70-53-27-15-45(39-59)16-28-53)71-54-29-17-46(40-60)18-30-54)69-52-37-25-50(26-38-52)44-64-67(3)77(80,72-55-31-19-47(41-61)20-32-55)73-56-33-21-48(42-62)22-34-56/h4-38,43-44H,1H2,2-3H3/b63-43+,64-44+. The van der Waals surface area contributed by atoms with Crippen LogP contribution in [-0.4, -0.2) is 36.1 Å². The zero-order chi connectivity index (χ0) is 56.6. The Hall–Kier alpha value is -8.62. The molecule has 0 unspecified atom stereocenters. The van der Waals surface area contributed by atoms with Crippen molar-refractivity contribution >= 4 is 85.4 Å². The van der Waals surface area contributed by atoms with Crippen molar-refractivity contribution in [2.75, 3.05) is 14.1 Å². The highest BCUT2D eigenvalue weighted by Crippen LogP contribution is 2.62. The molecule has 0 heterocycles. The molecule has 0 bridgehead atoms. The Bertz CT molecular complexity index is 3560. The smallest absolute Gasteiger partial charge is 0.413 e. The van der Waals surface area contributed by atoms with Crippen molar-refractivity contribution in [3.05, 3.63) is 252 Å². The average molecular weight is 1180 g/mol. The molecule has 0 atom stereocenters. The lowest BCUT2D eigenvalue weighted by molar-refractivity contribution is 0.395. The molecule has 0 amide bonds. The molecule has 0 radical (unpaired) electrons. The first-order valence-electron chi connectivity index (χ1n) is 23.8. The normalized spacial score (nSPS) is 11.4. The number of nitrogens with zero attached hydrogens (tertiary/aromatic N) is 9. The van der Waals surface area contributed by atoms with E-state index in [9.17, 15) is 21.0 Å². The molecule has 0 aliphatic rings. The van der Waals surface area contributed by atoms with E-state index < -0.39 is 27.0 Å². The minimum absolute atomic E-state index is 0.373. The van der Waals surface area contributed by atoms with Gasteiger partial charge in [-0.2, -0.15) is 35.8 Å². The van der Waals surface area contributed by atoms with Crippen LogP contribution in [0.3, 0.4) is 0 Å². The Morgan fingerprint density at radius 3 is 0.925 bits per heavy atom. The molecule has 80 heavy (non-hydrogen) atoms. The summed E-state index contributed by atoms with van der Waals surface area (Å²) < 4.78 is 47.0. The Morgan fingerprint density at radius 1 is 0.400 bits per heavy atom. The number of hydrogen-bond acceptors (Lipinski definition) is 15. The van der Waals surface area contributed by atoms with Gasteiger partial charge in [0.2, 0.25) is 0 Å². The van der Waals surface area contributed by atoms with Crippen molar-refractivity contribution in [2.24, 2.45) is 14.7 Å². The third-order valence-electron chi connectivity index (χ3n) is 11.3. The Labute approximate surface area is 479 Å². The Balaban J connectivity index is 1.08. The van der Waals surface area contributed by atoms with Crippen molar-refractivity contribution in [2.45, 2.75) is 0 Å². The summed E-state index contributed by atoms with van der Waals surface area (Å²) >= 11 is 18.5. The minimum Gasteiger partial charge on any atom is -0.420 e. The molecule has 0 spiro atoms. The lowest BCUT2D eigenvalue weighted by Gasteiger charge is -2.29. The number of rotatable bonds is 22. The van der Waals surface area contributed by atoms with Crippen molar-refractivity contribution in [3.63, 3.8) is 0 Å². The highest BCUT2D eigenvalue weighted by molar-refractivity contribution is 8.11. The zero-order valence-corrected chi connectivity index (χ0v) is 48.6. The molecule has 8 rings (SSSR count). The second-order valence-electron chi connectivity index (χ2n) is 16.7. The molecule has 15 nitrogen and oxygen atoms in total. The van der Waals surface area contributed by atoms with Crippen LogP contribution in [0.5, 0.6) is 34.5 Å². The van der Waals surface area contributed by atoms with Gasteiger partial charge in [0, 0.05) is 60.1 Å². The van der Waals surface area contributed by atoms with Crippen LogP contribution >= 0.6 is 27.0 Å². The van der Waals surface area contributed by atoms with Crippen LogP contribution in [0.25, 0.3) is 0 Å².